The summed E-state index contributed by atoms with van der Waals surface area (Å²) in [5.74, 6) is 1.69. The van der Waals surface area contributed by atoms with Gasteiger partial charge < -0.3 is 14.9 Å². The Labute approximate surface area is 76.1 Å². The van der Waals surface area contributed by atoms with E-state index in [9.17, 15) is 0 Å². The highest BCUT2D eigenvalue weighted by Crippen LogP contribution is 2.18. The molecule has 1 aliphatic rings. The zero-order valence-electron chi connectivity index (χ0n) is 7.36. The first-order valence-corrected chi connectivity index (χ1v) is 4.54. The summed E-state index contributed by atoms with van der Waals surface area (Å²) in [7, 11) is 0. The van der Waals surface area contributed by atoms with E-state index in [2.05, 4.69) is 15.5 Å². The van der Waals surface area contributed by atoms with E-state index in [1.807, 2.05) is 0 Å². The van der Waals surface area contributed by atoms with Gasteiger partial charge in [0, 0.05) is 12.5 Å². The monoisotopic (exact) mass is 183 g/mol. The zero-order chi connectivity index (χ0) is 9.10. The molecule has 0 bridgehead atoms. The molecule has 2 N–H and O–H groups in total. The smallest absolute Gasteiger partial charge is 0.228 e. The van der Waals surface area contributed by atoms with Gasteiger partial charge in [-0.1, -0.05) is 5.16 Å². The van der Waals surface area contributed by atoms with Crippen molar-refractivity contribution < 1.29 is 9.63 Å². The molecule has 2 rings (SSSR count). The minimum absolute atomic E-state index is 0.0601. The Hall–Kier alpha value is -0.940. The molecule has 1 aliphatic heterocycles. The lowest BCUT2D eigenvalue weighted by Gasteiger charge is -1.98. The Kier molecular flexibility index (Phi) is 2.56. The van der Waals surface area contributed by atoms with Crippen molar-refractivity contribution in [2.75, 3.05) is 19.7 Å². The van der Waals surface area contributed by atoms with Crippen LogP contribution in [0.3, 0.4) is 0 Å². The first-order valence-electron chi connectivity index (χ1n) is 4.54. The van der Waals surface area contributed by atoms with Crippen molar-refractivity contribution in [2.24, 2.45) is 0 Å². The molecule has 5 heteroatoms. The van der Waals surface area contributed by atoms with Gasteiger partial charge in [-0.3, -0.25) is 0 Å². The third kappa shape index (κ3) is 1.87. The van der Waals surface area contributed by atoms with Gasteiger partial charge in [-0.05, 0) is 13.0 Å². The van der Waals surface area contributed by atoms with Crippen LogP contribution in [0.25, 0.3) is 0 Å². The number of aromatic nitrogens is 2. The topological polar surface area (TPSA) is 71.2 Å². The molecule has 1 aromatic rings. The van der Waals surface area contributed by atoms with Crippen LogP contribution in [0, 0.1) is 0 Å². The quantitative estimate of drug-likeness (QED) is 0.672. The van der Waals surface area contributed by atoms with Crippen LogP contribution in [0.1, 0.15) is 24.1 Å². The van der Waals surface area contributed by atoms with E-state index in [-0.39, 0.29) is 6.61 Å². The summed E-state index contributed by atoms with van der Waals surface area (Å²) in [4.78, 5) is 4.20. The predicted octanol–water partition coefficient (Wildman–Crippen LogP) is -0.319. The summed E-state index contributed by atoms with van der Waals surface area (Å²) in [6.45, 7) is 2.01. The fraction of sp³-hybridized carbons (Fsp3) is 0.750. The molecule has 1 atom stereocenters. The zero-order valence-corrected chi connectivity index (χ0v) is 7.36. The molecule has 0 spiro atoms. The number of hydrogen-bond donors (Lipinski definition) is 2. The maximum Gasteiger partial charge on any atom is 0.228 e. The number of nitrogens with zero attached hydrogens (tertiary/aromatic N) is 2. The van der Waals surface area contributed by atoms with Crippen molar-refractivity contribution in [1.82, 2.24) is 15.5 Å². The van der Waals surface area contributed by atoms with Gasteiger partial charge in [0.1, 0.15) is 0 Å². The summed E-state index contributed by atoms with van der Waals surface area (Å²) in [5, 5.41) is 15.8. The van der Waals surface area contributed by atoms with Gasteiger partial charge in [-0.25, -0.2) is 0 Å². The molecule has 1 unspecified atom stereocenters. The van der Waals surface area contributed by atoms with Crippen molar-refractivity contribution in [1.29, 1.82) is 0 Å². The highest BCUT2D eigenvalue weighted by atomic mass is 16.5. The Balaban J connectivity index is 2.03. The van der Waals surface area contributed by atoms with Gasteiger partial charge in [0.05, 0.1) is 13.0 Å². The summed E-state index contributed by atoms with van der Waals surface area (Å²) < 4.78 is 4.97. The lowest BCUT2D eigenvalue weighted by molar-refractivity contribution is 0.273. The van der Waals surface area contributed by atoms with Crippen LogP contribution < -0.4 is 5.32 Å². The second-order valence-corrected chi connectivity index (χ2v) is 3.21. The molecule has 13 heavy (non-hydrogen) atoms. The summed E-state index contributed by atoms with van der Waals surface area (Å²) in [6.07, 6.45) is 1.52. The molecule has 0 aliphatic carbocycles. The van der Waals surface area contributed by atoms with Crippen LogP contribution in [0.2, 0.25) is 0 Å². The minimum atomic E-state index is 0.0601. The third-order valence-corrected chi connectivity index (χ3v) is 2.23. The van der Waals surface area contributed by atoms with E-state index >= 15 is 0 Å². The molecule has 1 fully saturated rings. The van der Waals surface area contributed by atoms with Crippen LogP contribution in [0.15, 0.2) is 4.52 Å². The van der Waals surface area contributed by atoms with Crippen LogP contribution in [-0.4, -0.2) is 34.9 Å². The van der Waals surface area contributed by atoms with Crippen molar-refractivity contribution in [3.63, 3.8) is 0 Å². The average Bonchev–Trinajstić information content (AvgIpc) is 2.70. The lowest BCUT2D eigenvalue weighted by Crippen LogP contribution is -2.08. The highest BCUT2D eigenvalue weighted by molar-refractivity contribution is 4.99. The number of rotatable bonds is 3. The van der Waals surface area contributed by atoms with E-state index < -0.39 is 0 Å². The summed E-state index contributed by atoms with van der Waals surface area (Å²) in [6, 6.07) is 0. The van der Waals surface area contributed by atoms with Gasteiger partial charge in [-0.2, -0.15) is 4.98 Å². The maximum atomic E-state index is 8.65. The normalized spacial score (nSPS) is 22.4. The molecule has 5 nitrogen and oxygen atoms in total. The van der Waals surface area contributed by atoms with Crippen molar-refractivity contribution in [3.8, 4) is 0 Å². The van der Waals surface area contributed by atoms with Crippen LogP contribution in [0.5, 0.6) is 0 Å². The van der Waals surface area contributed by atoms with Crippen molar-refractivity contribution in [2.45, 2.75) is 18.8 Å². The predicted molar refractivity (Wildman–Crippen MR) is 45.3 cm³/mol. The Bertz CT molecular complexity index is 268. The van der Waals surface area contributed by atoms with E-state index in [0.29, 0.717) is 18.2 Å². The molecule has 2 heterocycles. The molecule has 1 saturated heterocycles. The lowest BCUT2D eigenvalue weighted by atomic mass is 10.1. The van der Waals surface area contributed by atoms with Crippen LogP contribution >= 0.6 is 0 Å². The largest absolute Gasteiger partial charge is 0.396 e. The standard InChI is InChI=1S/C8H13N3O2/c12-4-2-7-10-8(11-13-7)6-1-3-9-5-6/h6,9,12H,1-5H2. The van der Waals surface area contributed by atoms with Gasteiger partial charge in [0.15, 0.2) is 5.82 Å². The number of aliphatic hydroxyl groups excluding tert-OH is 1. The highest BCUT2D eigenvalue weighted by Gasteiger charge is 2.21. The van der Waals surface area contributed by atoms with Gasteiger partial charge >= 0.3 is 0 Å². The van der Waals surface area contributed by atoms with E-state index in [4.69, 9.17) is 9.63 Å². The molecule has 72 valence electrons. The van der Waals surface area contributed by atoms with E-state index in [1.165, 1.54) is 0 Å². The summed E-state index contributed by atoms with van der Waals surface area (Å²) >= 11 is 0. The van der Waals surface area contributed by atoms with Gasteiger partial charge in [0.2, 0.25) is 5.89 Å². The van der Waals surface area contributed by atoms with E-state index in [1.54, 1.807) is 0 Å². The molecular weight excluding hydrogens is 170 g/mol. The molecule has 1 aromatic heterocycles. The molecule has 0 aromatic carbocycles. The average molecular weight is 183 g/mol. The fourth-order valence-corrected chi connectivity index (χ4v) is 1.51. The maximum absolute atomic E-state index is 8.65. The Morgan fingerprint density at radius 3 is 3.23 bits per heavy atom. The van der Waals surface area contributed by atoms with Crippen LogP contribution in [0.4, 0.5) is 0 Å². The van der Waals surface area contributed by atoms with Crippen LogP contribution in [-0.2, 0) is 6.42 Å². The number of hydrogen-bond acceptors (Lipinski definition) is 5. The second kappa shape index (κ2) is 3.85. The Morgan fingerprint density at radius 2 is 2.54 bits per heavy atom. The molecule has 0 saturated carbocycles. The number of aliphatic hydroxyl groups is 1. The van der Waals surface area contributed by atoms with Crippen molar-refractivity contribution in [3.05, 3.63) is 11.7 Å². The SMILES string of the molecule is OCCc1nc(C2CCNC2)no1. The first kappa shape index (κ1) is 8.65. The van der Waals surface area contributed by atoms with E-state index in [0.717, 1.165) is 25.3 Å². The second-order valence-electron chi connectivity index (χ2n) is 3.21. The number of nitrogens with one attached hydrogen (secondary N) is 1. The van der Waals surface area contributed by atoms with Gasteiger partial charge in [0.25, 0.3) is 0 Å². The van der Waals surface area contributed by atoms with Crippen molar-refractivity contribution >= 4 is 0 Å². The molecular formula is C8H13N3O2. The minimum Gasteiger partial charge on any atom is -0.396 e. The molecule has 0 amide bonds. The molecule has 0 radical (unpaired) electrons. The first-order chi connectivity index (χ1) is 6.40. The third-order valence-electron chi connectivity index (χ3n) is 2.23. The fourth-order valence-electron chi connectivity index (χ4n) is 1.51. The van der Waals surface area contributed by atoms with Gasteiger partial charge in [-0.15, -0.1) is 0 Å². The summed E-state index contributed by atoms with van der Waals surface area (Å²) in [5.41, 5.74) is 0. The Morgan fingerprint density at radius 1 is 1.62 bits per heavy atom.